The van der Waals surface area contributed by atoms with Gasteiger partial charge in [0.25, 0.3) is 0 Å². The molecule has 0 amide bonds. The van der Waals surface area contributed by atoms with Crippen LogP contribution in [0, 0.1) is 0 Å². The molecule has 0 unspecified atom stereocenters. The van der Waals surface area contributed by atoms with E-state index in [1.807, 2.05) is 0 Å². The standard InChI is InChI=1S/C8H8O3/c9-5-3-7(10)6-1-2-11-8(6)4-5/h3-4,9-10H,1-2H2. The van der Waals surface area contributed by atoms with Crippen LogP contribution in [0.2, 0.25) is 0 Å². The largest absolute Gasteiger partial charge is 0.508 e. The van der Waals surface area contributed by atoms with Gasteiger partial charge < -0.3 is 14.9 Å². The van der Waals surface area contributed by atoms with Crippen LogP contribution in [-0.4, -0.2) is 16.8 Å². The van der Waals surface area contributed by atoms with Gasteiger partial charge in [-0.2, -0.15) is 0 Å². The summed E-state index contributed by atoms with van der Waals surface area (Å²) in [6, 6.07) is 2.84. The van der Waals surface area contributed by atoms with Crippen molar-refractivity contribution in [2.45, 2.75) is 6.42 Å². The zero-order valence-corrected chi connectivity index (χ0v) is 5.87. The summed E-state index contributed by atoms with van der Waals surface area (Å²) in [5.74, 6) is 0.767. The third-order valence-corrected chi connectivity index (χ3v) is 1.78. The lowest BCUT2D eigenvalue weighted by Crippen LogP contribution is -1.85. The van der Waals surface area contributed by atoms with E-state index in [2.05, 4.69) is 0 Å². The van der Waals surface area contributed by atoms with E-state index in [0.717, 1.165) is 12.0 Å². The molecular weight excluding hydrogens is 144 g/mol. The van der Waals surface area contributed by atoms with Gasteiger partial charge in [0.2, 0.25) is 0 Å². The Bertz CT molecular complexity index is 294. The summed E-state index contributed by atoms with van der Waals surface area (Å²) in [7, 11) is 0. The van der Waals surface area contributed by atoms with Crippen LogP contribution in [0.15, 0.2) is 12.1 Å². The Kier molecular flexibility index (Phi) is 1.18. The van der Waals surface area contributed by atoms with Gasteiger partial charge in [0.1, 0.15) is 17.2 Å². The molecule has 1 aromatic carbocycles. The topological polar surface area (TPSA) is 49.7 Å². The van der Waals surface area contributed by atoms with Crippen molar-refractivity contribution in [2.24, 2.45) is 0 Å². The summed E-state index contributed by atoms with van der Waals surface area (Å²) in [6.07, 6.45) is 0.724. The average Bonchev–Trinajstić information content (AvgIpc) is 2.34. The minimum Gasteiger partial charge on any atom is -0.508 e. The quantitative estimate of drug-likeness (QED) is 0.583. The molecule has 0 fully saturated rings. The number of aromatic hydroxyl groups is 2. The van der Waals surface area contributed by atoms with Gasteiger partial charge in [0.05, 0.1) is 6.61 Å². The minimum atomic E-state index is 0.0446. The normalized spacial score (nSPS) is 14.2. The highest BCUT2D eigenvalue weighted by Crippen LogP contribution is 2.36. The highest BCUT2D eigenvalue weighted by Gasteiger charge is 2.16. The molecule has 0 atom stereocenters. The maximum atomic E-state index is 9.27. The number of hydrogen-bond donors (Lipinski definition) is 2. The van der Waals surface area contributed by atoms with E-state index in [-0.39, 0.29) is 11.5 Å². The molecule has 0 saturated heterocycles. The number of phenolic OH excluding ortho intramolecular Hbond substituents is 2. The van der Waals surface area contributed by atoms with Crippen molar-refractivity contribution < 1.29 is 14.9 Å². The first kappa shape index (κ1) is 6.34. The second-order valence-corrected chi connectivity index (χ2v) is 2.54. The smallest absolute Gasteiger partial charge is 0.130 e. The third kappa shape index (κ3) is 0.888. The fourth-order valence-electron chi connectivity index (χ4n) is 1.26. The van der Waals surface area contributed by atoms with Crippen molar-refractivity contribution in [3.63, 3.8) is 0 Å². The highest BCUT2D eigenvalue weighted by atomic mass is 16.5. The van der Waals surface area contributed by atoms with Crippen molar-refractivity contribution >= 4 is 0 Å². The first-order chi connectivity index (χ1) is 5.27. The van der Waals surface area contributed by atoms with Crippen LogP contribution < -0.4 is 4.74 Å². The fourth-order valence-corrected chi connectivity index (χ4v) is 1.26. The molecule has 58 valence electrons. The molecular formula is C8H8O3. The summed E-state index contributed by atoms with van der Waals surface area (Å²) in [6.45, 7) is 0.590. The average molecular weight is 152 g/mol. The van der Waals surface area contributed by atoms with Crippen molar-refractivity contribution in [2.75, 3.05) is 6.61 Å². The van der Waals surface area contributed by atoms with Crippen molar-refractivity contribution in [3.8, 4) is 17.2 Å². The predicted molar refractivity (Wildman–Crippen MR) is 39.0 cm³/mol. The second-order valence-electron chi connectivity index (χ2n) is 2.54. The van der Waals surface area contributed by atoms with E-state index < -0.39 is 0 Å². The Morgan fingerprint density at radius 3 is 2.91 bits per heavy atom. The van der Waals surface area contributed by atoms with Gasteiger partial charge >= 0.3 is 0 Å². The van der Waals surface area contributed by atoms with Gasteiger partial charge in [0.15, 0.2) is 0 Å². The molecule has 11 heavy (non-hydrogen) atoms. The lowest BCUT2D eigenvalue weighted by Gasteiger charge is -2.01. The van der Waals surface area contributed by atoms with E-state index in [0.29, 0.717) is 12.4 Å². The molecule has 0 bridgehead atoms. The van der Waals surface area contributed by atoms with E-state index in [1.54, 1.807) is 0 Å². The number of benzene rings is 1. The van der Waals surface area contributed by atoms with Crippen LogP contribution >= 0.6 is 0 Å². The summed E-state index contributed by atoms with van der Waals surface area (Å²) >= 11 is 0. The predicted octanol–water partition coefficient (Wildman–Crippen LogP) is 1.03. The molecule has 0 radical (unpaired) electrons. The van der Waals surface area contributed by atoms with Gasteiger partial charge in [-0.1, -0.05) is 0 Å². The van der Waals surface area contributed by atoms with Gasteiger partial charge in [-0.3, -0.25) is 0 Å². The van der Waals surface area contributed by atoms with E-state index in [4.69, 9.17) is 9.84 Å². The highest BCUT2D eigenvalue weighted by molar-refractivity contribution is 5.51. The molecule has 3 nitrogen and oxygen atoms in total. The Hall–Kier alpha value is -1.38. The Morgan fingerprint density at radius 2 is 2.09 bits per heavy atom. The van der Waals surface area contributed by atoms with Crippen LogP contribution in [0.1, 0.15) is 5.56 Å². The SMILES string of the molecule is Oc1cc(O)c2c(c1)OCC2. The third-order valence-electron chi connectivity index (χ3n) is 1.78. The van der Waals surface area contributed by atoms with Crippen LogP contribution in [-0.2, 0) is 6.42 Å². The molecule has 1 aromatic rings. The lowest BCUT2D eigenvalue weighted by molar-refractivity contribution is 0.354. The zero-order chi connectivity index (χ0) is 7.84. The summed E-state index contributed by atoms with van der Waals surface area (Å²) in [5.41, 5.74) is 0.794. The van der Waals surface area contributed by atoms with Crippen molar-refractivity contribution in [3.05, 3.63) is 17.7 Å². The Balaban J connectivity index is 2.60. The molecule has 1 aliphatic heterocycles. The number of rotatable bonds is 0. The second kappa shape index (κ2) is 2.05. The molecule has 2 rings (SSSR count). The van der Waals surface area contributed by atoms with Crippen LogP contribution in [0.4, 0.5) is 0 Å². The zero-order valence-electron chi connectivity index (χ0n) is 5.87. The maximum Gasteiger partial charge on any atom is 0.130 e. The number of fused-ring (bicyclic) bond motifs is 1. The number of phenols is 2. The molecule has 3 heteroatoms. The molecule has 0 saturated carbocycles. The van der Waals surface area contributed by atoms with E-state index >= 15 is 0 Å². The van der Waals surface area contributed by atoms with Gasteiger partial charge in [0, 0.05) is 24.1 Å². The van der Waals surface area contributed by atoms with E-state index in [9.17, 15) is 5.11 Å². The minimum absolute atomic E-state index is 0.0446. The van der Waals surface area contributed by atoms with E-state index in [1.165, 1.54) is 12.1 Å². The molecule has 1 heterocycles. The van der Waals surface area contributed by atoms with Gasteiger partial charge in [-0.25, -0.2) is 0 Å². The molecule has 1 aliphatic rings. The Labute approximate surface area is 63.9 Å². The molecule has 2 N–H and O–H groups in total. The van der Waals surface area contributed by atoms with Crippen LogP contribution in [0.5, 0.6) is 17.2 Å². The van der Waals surface area contributed by atoms with Crippen LogP contribution in [0.3, 0.4) is 0 Å². The first-order valence-electron chi connectivity index (χ1n) is 3.45. The number of ether oxygens (including phenoxy) is 1. The molecule has 0 aromatic heterocycles. The molecule has 0 aliphatic carbocycles. The van der Waals surface area contributed by atoms with Crippen molar-refractivity contribution in [1.29, 1.82) is 0 Å². The summed E-state index contributed by atoms with van der Waals surface area (Å²) < 4.78 is 5.14. The summed E-state index contributed by atoms with van der Waals surface area (Å²) in [4.78, 5) is 0. The van der Waals surface area contributed by atoms with Crippen molar-refractivity contribution in [1.82, 2.24) is 0 Å². The first-order valence-corrected chi connectivity index (χ1v) is 3.45. The maximum absolute atomic E-state index is 9.27. The monoisotopic (exact) mass is 152 g/mol. The number of hydrogen-bond acceptors (Lipinski definition) is 3. The Morgan fingerprint density at radius 1 is 1.27 bits per heavy atom. The summed E-state index contributed by atoms with van der Waals surface area (Å²) in [5, 5.41) is 18.3. The lowest BCUT2D eigenvalue weighted by atomic mass is 10.1. The van der Waals surface area contributed by atoms with Gasteiger partial charge in [-0.15, -0.1) is 0 Å². The van der Waals surface area contributed by atoms with Gasteiger partial charge in [-0.05, 0) is 0 Å². The fraction of sp³-hybridized carbons (Fsp3) is 0.250. The van der Waals surface area contributed by atoms with Crippen LogP contribution in [0.25, 0.3) is 0 Å². The molecule has 0 spiro atoms.